The van der Waals surface area contributed by atoms with Gasteiger partial charge in [-0.25, -0.2) is 0 Å². The molecule has 50 heavy (non-hydrogen) atoms. The van der Waals surface area contributed by atoms with Gasteiger partial charge in [-0.05, 0) is 50.5 Å². The number of amides is 3. The first kappa shape index (κ1) is 37.7. The van der Waals surface area contributed by atoms with Crippen LogP contribution >= 0.6 is 0 Å². The van der Waals surface area contributed by atoms with E-state index in [2.05, 4.69) is 20.8 Å². The van der Waals surface area contributed by atoms with Crippen molar-refractivity contribution in [3.05, 3.63) is 60.2 Å². The van der Waals surface area contributed by atoms with Gasteiger partial charge in [0.05, 0.1) is 30.7 Å². The number of esters is 1. The monoisotopic (exact) mass is 691 g/mol. The minimum absolute atomic E-state index is 0.0831. The molecule has 274 valence electrons. The first-order valence-corrected chi connectivity index (χ1v) is 18.3. The lowest BCUT2D eigenvalue weighted by atomic mass is 9.77. The molecule has 4 heterocycles. The molecule has 10 heteroatoms. The fourth-order valence-electron chi connectivity index (χ4n) is 8.94. The van der Waals surface area contributed by atoms with Crippen molar-refractivity contribution in [3.63, 3.8) is 0 Å². The zero-order chi connectivity index (χ0) is 36.8. The molecule has 5 rings (SSSR count). The fourth-order valence-corrected chi connectivity index (χ4v) is 8.94. The van der Waals surface area contributed by atoms with E-state index in [0.29, 0.717) is 25.8 Å². The number of benzene rings is 1. The molecule has 1 spiro atoms. The molecule has 0 bridgehead atoms. The van der Waals surface area contributed by atoms with Crippen LogP contribution in [0.15, 0.2) is 54.6 Å². The van der Waals surface area contributed by atoms with Crippen molar-refractivity contribution in [2.45, 2.75) is 123 Å². The number of likely N-dealkylation sites (tertiary alicyclic amines) is 1. The summed E-state index contributed by atoms with van der Waals surface area (Å²) in [5.74, 6) is -3.66. The summed E-state index contributed by atoms with van der Waals surface area (Å²) in [6.45, 7) is 16.3. The van der Waals surface area contributed by atoms with Gasteiger partial charge < -0.3 is 29.3 Å². The summed E-state index contributed by atoms with van der Waals surface area (Å²) < 4.78 is 13.3. The van der Waals surface area contributed by atoms with E-state index < -0.39 is 65.2 Å². The molecule has 0 aromatic heterocycles. The molecule has 1 aromatic carbocycles. The second-order valence-corrected chi connectivity index (χ2v) is 16.6. The number of aliphatic hydroxyl groups excluding tert-OH is 1. The molecular weight excluding hydrogens is 634 g/mol. The Morgan fingerprint density at radius 3 is 2.32 bits per heavy atom. The van der Waals surface area contributed by atoms with E-state index in [1.807, 2.05) is 88.1 Å². The minimum Gasteiger partial charge on any atom is -0.455 e. The number of aliphatic hydroxyl groups is 1. The van der Waals surface area contributed by atoms with Crippen LogP contribution in [0.2, 0.25) is 0 Å². The van der Waals surface area contributed by atoms with Crippen LogP contribution in [0.1, 0.15) is 92.7 Å². The molecule has 10 nitrogen and oxygen atoms in total. The number of cyclic esters (lactones) is 1. The van der Waals surface area contributed by atoms with E-state index in [1.165, 1.54) is 0 Å². The second kappa shape index (κ2) is 14.3. The van der Waals surface area contributed by atoms with Crippen LogP contribution in [0.4, 0.5) is 0 Å². The average Bonchev–Trinajstić information content (AvgIpc) is 3.44. The largest absolute Gasteiger partial charge is 0.455 e. The second-order valence-electron chi connectivity index (χ2n) is 16.6. The number of ether oxygens (including phenoxy) is 2. The molecule has 2 saturated heterocycles. The van der Waals surface area contributed by atoms with Crippen molar-refractivity contribution in [1.82, 2.24) is 14.7 Å². The lowest BCUT2D eigenvalue weighted by molar-refractivity contribution is -0.165. The Morgan fingerprint density at radius 2 is 1.70 bits per heavy atom. The lowest BCUT2D eigenvalue weighted by Gasteiger charge is -2.46. The number of carbonyl (C=O) groups excluding carboxylic acids is 4. The Labute approximate surface area is 297 Å². The SMILES string of the molecule is CC[C@H](C)[C@H](CO)N1C(=O)[C@@H]2[C@H]3C(=O)O[C@H](c4ccccc4)[C@@H](C)N(C)C(=O)CC/C=C\[C@H]3O[C@@]23C=CCN(C(C)(C)CC(C)(C)C)C(=O)[C@@H]13. The number of carbonyl (C=O) groups is 4. The van der Waals surface area contributed by atoms with E-state index in [0.717, 1.165) is 5.56 Å². The van der Waals surface area contributed by atoms with Gasteiger partial charge in [0, 0.05) is 25.6 Å². The number of hydrogen-bond donors (Lipinski definition) is 1. The third-order valence-electron chi connectivity index (χ3n) is 11.4. The molecule has 0 saturated carbocycles. The first-order chi connectivity index (χ1) is 23.5. The Morgan fingerprint density at radius 1 is 1.02 bits per heavy atom. The summed E-state index contributed by atoms with van der Waals surface area (Å²) in [5, 5.41) is 10.8. The summed E-state index contributed by atoms with van der Waals surface area (Å²) in [6, 6.07) is 7.03. The molecule has 3 amide bonds. The Hall–Kier alpha value is -3.50. The normalized spacial score (nSPS) is 32.7. The van der Waals surface area contributed by atoms with Crippen molar-refractivity contribution in [1.29, 1.82) is 0 Å². The molecule has 2 fully saturated rings. The van der Waals surface area contributed by atoms with Crippen LogP contribution in [-0.4, -0.2) is 99.1 Å². The third-order valence-corrected chi connectivity index (χ3v) is 11.4. The maximum atomic E-state index is 15.1. The molecule has 4 aliphatic heterocycles. The summed E-state index contributed by atoms with van der Waals surface area (Å²) in [4.78, 5) is 63.0. The number of fused-ring (bicyclic) bond motifs is 2. The van der Waals surface area contributed by atoms with Crippen LogP contribution in [0.5, 0.6) is 0 Å². The smallest absolute Gasteiger partial charge is 0.313 e. The van der Waals surface area contributed by atoms with Crippen LogP contribution < -0.4 is 0 Å². The van der Waals surface area contributed by atoms with Gasteiger partial charge in [-0.2, -0.15) is 0 Å². The summed E-state index contributed by atoms with van der Waals surface area (Å²) in [7, 11) is 1.71. The van der Waals surface area contributed by atoms with Crippen molar-refractivity contribution in [2.75, 3.05) is 20.2 Å². The highest BCUT2D eigenvalue weighted by Crippen LogP contribution is 2.55. The number of nitrogens with zero attached hydrogens (tertiary/aromatic N) is 3. The molecule has 1 aromatic rings. The van der Waals surface area contributed by atoms with Gasteiger partial charge in [-0.3, -0.25) is 19.2 Å². The molecular formula is C40H57N3O7. The van der Waals surface area contributed by atoms with Crippen LogP contribution in [0, 0.1) is 23.2 Å². The lowest BCUT2D eigenvalue weighted by Crippen LogP contribution is -2.62. The van der Waals surface area contributed by atoms with E-state index in [1.54, 1.807) is 22.9 Å². The highest BCUT2D eigenvalue weighted by atomic mass is 16.6. The van der Waals surface area contributed by atoms with Crippen molar-refractivity contribution in [2.24, 2.45) is 23.2 Å². The molecule has 0 unspecified atom stereocenters. The predicted octanol–water partition coefficient (Wildman–Crippen LogP) is 5.07. The zero-order valence-electron chi connectivity index (χ0n) is 31.3. The van der Waals surface area contributed by atoms with Crippen LogP contribution in [0.25, 0.3) is 0 Å². The molecule has 9 atom stereocenters. The van der Waals surface area contributed by atoms with Gasteiger partial charge in [0.15, 0.2) is 0 Å². The fraction of sp³-hybridized carbons (Fsp3) is 0.650. The third kappa shape index (κ3) is 6.77. The molecule has 0 radical (unpaired) electrons. The van der Waals surface area contributed by atoms with Crippen molar-refractivity contribution >= 4 is 23.7 Å². The van der Waals surface area contributed by atoms with E-state index in [9.17, 15) is 14.7 Å². The highest BCUT2D eigenvalue weighted by Gasteiger charge is 2.73. The average molecular weight is 692 g/mol. The van der Waals surface area contributed by atoms with E-state index >= 15 is 9.59 Å². The zero-order valence-corrected chi connectivity index (χ0v) is 31.3. The highest BCUT2D eigenvalue weighted by molar-refractivity contribution is 5.99. The molecule has 4 aliphatic rings. The van der Waals surface area contributed by atoms with Gasteiger partial charge in [-0.15, -0.1) is 0 Å². The maximum Gasteiger partial charge on any atom is 0.313 e. The predicted molar refractivity (Wildman–Crippen MR) is 190 cm³/mol. The number of hydrogen-bond acceptors (Lipinski definition) is 7. The summed E-state index contributed by atoms with van der Waals surface area (Å²) in [5.41, 5.74) is -1.43. The Kier molecular flexibility index (Phi) is 10.8. The van der Waals surface area contributed by atoms with Gasteiger partial charge in [0.2, 0.25) is 17.7 Å². The van der Waals surface area contributed by atoms with Gasteiger partial charge in [-0.1, -0.05) is 95.7 Å². The number of allylic oxidation sites excluding steroid dienone is 1. The van der Waals surface area contributed by atoms with Crippen LogP contribution in [0.3, 0.4) is 0 Å². The quantitative estimate of drug-likeness (QED) is 0.314. The maximum absolute atomic E-state index is 15.1. The standard InChI is InChI=1S/C40H57N3O7/c1-10-25(2)28(23-44)43-34-36(47)42(39(7,8)24-38(4,5)6)22-16-21-40(34)32(35(43)46)31-29(50-40)19-14-15-20-30(45)41(9)26(3)33(49-37(31)48)27-17-12-11-13-18-27/h11-14,16-19,21,25-26,28-29,31-34,44H,10,15,20,22-24H2,1-9H3/b19-14-/t25-,26+,28-,29+,31-,32-,33-,34+,40-/m0/s1. The minimum atomic E-state index is -1.49. The number of rotatable bonds is 7. The Bertz CT molecular complexity index is 1500. The van der Waals surface area contributed by atoms with Gasteiger partial charge in [0.1, 0.15) is 23.7 Å². The molecule has 0 aliphatic carbocycles. The van der Waals surface area contributed by atoms with E-state index in [-0.39, 0.29) is 36.2 Å². The van der Waals surface area contributed by atoms with Crippen LogP contribution in [-0.2, 0) is 28.7 Å². The molecule has 1 N–H and O–H groups in total. The topological polar surface area (TPSA) is 117 Å². The van der Waals surface area contributed by atoms with Crippen molar-refractivity contribution < 1.29 is 33.8 Å². The van der Waals surface area contributed by atoms with Gasteiger partial charge in [0.25, 0.3) is 0 Å². The Balaban J connectivity index is 1.66. The number of likely N-dealkylation sites (N-methyl/N-ethyl adjacent to an activating group) is 1. The first-order valence-electron chi connectivity index (χ1n) is 18.3. The van der Waals surface area contributed by atoms with Crippen molar-refractivity contribution in [3.8, 4) is 0 Å². The van der Waals surface area contributed by atoms with E-state index in [4.69, 9.17) is 9.47 Å². The van der Waals surface area contributed by atoms with Gasteiger partial charge >= 0.3 is 5.97 Å². The summed E-state index contributed by atoms with van der Waals surface area (Å²) >= 11 is 0. The summed E-state index contributed by atoms with van der Waals surface area (Å²) in [6.07, 6.45) is 7.65.